The fourth-order valence-corrected chi connectivity index (χ4v) is 3.39. The number of carbonyl (C=O) groups excluding carboxylic acids is 1. The normalized spacial score (nSPS) is 10.8. The van der Waals surface area contributed by atoms with Gasteiger partial charge in [-0.15, -0.1) is 0 Å². The van der Waals surface area contributed by atoms with E-state index in [0.29, 0.717) is 16.3 Å². The Hall–Kier alpha value is -3.19. The fourth-order valence-electron chi connectivity index (χ4n) is 2.48. The summed E-state index contributed by atoms with van der Waals surface area (Å²) in [5.74, 6) is 0.603. The number of fused-ring (bicyclic) bond motifs is 1. The predicted octanol–water partition coefficient (Wildman–Crippen LogP) is 3.95. The average Bonchev–Trinajstić information content (AvgIpc) is 3.22. The molecule has 1 amide bonds. The van der Waals surface area contributed by atoms with Gasteiger partial charge in [-0.2, -0.15) is 10.1 Å². The van der Waals surface area contributed by atoms with Crippen molar-refractivity contribution in [1.82, 2.24) is 15.2 Å². The Kier molecular flexibility index (Phi) is 3.91. The number of aromatic nitrogens is 3. The van der Waals surface area contributed by atoms with Crippen molar-refractivity contribution in [3.8, 4) is 17.0 Å². The summed E-state index contributed by atoms with van der Waals surface area (Å²) in [5, 5.41) is 10.6. The molecule has 0 radical (unpaired) electrons. The van der Waals surface area contributed by atoms with Crippen molar-refractivity contribution in [1.29, 1.82) is 0 Å². The highest BCUT2D eigenvalue weighted by Gasteiger charge is 2.15. The van der Waals surface area contributed by atoms with E-state index in [9.17, 15) is 4.79 Å². The summed E-state index contributed by atoms with van der Waals surface area (Å²) < 4.78 is 6.08. The van der Waals surface area contributed by atoms with Gasteiger partial charge >= 0.3 is 0 Å². The first-order valence-electron chi connectivity index (χ1n) is 7.60. The molecule has 0 aliphatic rings. The van der Waals surface area contributed by atoms with Crippen LogP contribution in [0.1, 0.15) is 10.4 Å². The number of H-pyrrole nitrogens is 1. The van der Waals surface area contributed by atoms with E-state index in [4.69, 9.17) is 4.74 Å². The molecule has 0 atom stereocenters. The minimum atomic E-state index is -0.188. The van der Waals surface area contributed by atoms with Crippen molar-refractivity contribution < 1.29 is 9.53 Å². The molecule has 0 fully saturated rings. The minimum absolute atomic E-state index is 0.188. The van der Waals surface area contributed by atoms with E-state index in [1.165, 1.54) is 11.3 Å². The van der Waals surface area contributed by atoms with Gasteiger partial charge in [0.05, 0.1) is 12.8 Å². The van der Waals surface area contributed by atoms with Crippen molar-refractivity contribution in [2.45, 2.75) is 0 Å². The van der Waals surface area contributed by atoms with Crippen LogP contribution >= 0.6 is 11.3 Å². The molecule has 0 spiro atoms. The molecule has 6 nitrogen and oxygen atoms in total. The number of anilines is 1. The van der Waals surface area contributed by atoms with Gasteiger partial charge < -0.3 is 4.74 Å². The molecular weight excluding hydrogens is 336 g/mol. The highest BCUT2D eigenvalue weighted by Crippen LogP contribution is 2.33. The average molecular weight is 350 g/mol. The Bertz CT molecular complexity index is 1020. The Labute approximate surface area is 147 Å². The van der Waals surface area contributed by atoms with Gasteiger partial charge in [0.25, 0.3) is 5.91 Å². The van der Waals surface area contributed by atoms with Gasteiger partial charge in [-0.25, -0.2) is 0 Å². The third-order valence-corrected chi connectivity index (χ3v) is 4.72. The first-order valence-corrected chi connectivity index (χ1v) is 8.42. The molecular formula is C18H14N4O2S. The molecule has 2 aromatic carbocycles. The topological polar surface area (TPSA) is 79.9 Å². The van der Waals surface area contributed by atoms with E-state index < -0.39 is 0 Å². The van der Waals surface area contributed by atoms with Crippen LogP contribution in [0.4, 0.5) is 5.13 Å². The minimum Gasteiger partial charge on any atom is -0.497 e. The molecule has 4 aromatic rings. The Morgan fingerprint density at radius 3 is 2.60 bits per heavy atom. The summed E-state index contributed by atoms with van der Waals surface area (Å²) in [4.78, 5) is 16.6. The summed E-state index contributed by atoms with van der Waals surface area (Å²) in [5.41, 5.74) is 3.02. The molecule has 124 valence electrons. The lowest BCUT2D eigenvalue weighted by Gasteiger charge is -2.01. The van der Waals surface area contributed by atoms with Crippen LogP contribution < -0.4 is 10.1 Å². The van der Waals surface area contributed by atoms with Crippen LogP contribution in [-0.2, 0) is 0 Å². The fraction of sp³-hybridized carbons (Fsp3) is 0.0556. The van der Waals surface area contributed by atoms with Crippen LogP contribution in [0.15, 0.2) is 54.6 Å². The van der Waals surface area contributed by atoms with Gasteiger partial charge in [0.1, 0.15) is 10.4 Å². The predicted molar refractivity (Wildman–Crippen MR) is 98.1 cm³/mol. The van der Waals surface area contributed by atoms with Crippen molar-refractivity contribution >= 4 is 32.7 Å². The summed E-state index contributed by atoms with van der Waals surface area (Å²) >= 11 is 1.39. The van der Waals surface area contributed by atoms with Crippen LogP contribution in [0, 0.1) is 0 Å². The highest BCUT2D eigenvalue weighted by molar-refractivity contribution is 7.22. The lowest BCUT2D eigenvalue weighted by molar-refractivity contribution is 0.102. The van der Waals surface area contributed by atoms with Gasteiger partial charge in [0.15, 0.2) is 10.8 Å². The number of carbonyl (C=O) groups is 1. The first kappa shape index (κ1) is 15.3. The van der Waals surface area contributed by atoms with Gasteiger partial charge in [-0.1, -0.05) is 29.5 Å². The molecule has 2 heterocycles. The number of rotatable bonds is 4. The number of nitrogens with one attached hydrogen (secondary N) is 2. The molecule has 25 heavy (non-hydrogen) atoms. The molecule has 0 aliphatic heterocycles. The number of methoxy groups -OCH3 is 1. The molecule has 0 saturated carbocycles. The van der Waals surface area contributed by atoms with E-state index in [2.05, 4.69) is 20.5 Å². The number of nitrogens with zero attached hydrogens (tertiary/aromatic N) is 2. The van der Waals surface area contributed by atoms with E-state index >= 15 is 0 Å². The van der Waals surface area contributed by atoms with Crippen LogP contribution in [0.2, 0.25) is 0 Å². The molecule has 0 aliphatic carbocycles. The zero-order chi connectivity index (χ0) is 17.2. The maximum absolute atomic E-state index is 12.3. The lowest BCUT2D eigenvalue weighted by Crippen LogP contribution is -2.11. The SMILES string of the molecule is COc1ccc(-c2[nH]nc3nc(NC(=O)c4ccccc4)sc23)cc1. The van der Waals surface area contributed by atoms with Gasteiger partial charge in [0, 0.05) is 11.1 Å². The van der Waals surface area contributed by atoms with E-state index in [0.717, 1.165) is 21.7 Å². The number of ether oxygens (including phenoxy) is 1. The van der Waals surface area contributed by atoms with E-state index in [1.807, 2.05) is 42.5 Å². The molecule has 0 bridgehead atoms. The second kappa shape index (κ2) is 6.37. The molecule has 2 aromatic heterocycles. The molecule has 2 N–H and O–H groups in total. The number of hydrogen-bond donors (Lipinski definition) is 2. The third-order valence-electron chi connectivity index (χ3n) is 3.75. The third kappa shape index (κ3) is 2.97. The smallest absolute Gasteiger partial charge is 0.257 e. The summed E-state index contributed by atoms with van der Waals surface area (Å²) in [6, 6.07) is 16.7. The second-order valence-electron chi connectivity index (χ2n) is 5.32. The van der Waals surface area contributed by atoms with Crippen LogP contribution in [0.5, 0.6) is 5.75 Å². The van der Waals surface area contributed by atoms with Crippen molar-refractivity contribution in [3.05, 3.63) is 60.2 Å². The number of thiazole rings is 1. The number of aromatic amines is 1. The van der Waals surface area contributed by atoms with Crippen LogP contribution in [0.3, 0.4) is 0 Å². The maximum Gasteiger partial charge on any atom is 0.257 e. The Morgan fingerprint density at radius 2 is 1.88 bits per heavy atom. The monoisotopic (exact) mass is 350 g/mol. The van der Waals surface area contributed by atoms with Crippen LogP contribution in [0.25, 0.3) is 21.6 Å². The van der Waals surface area contributed by atoms with E-state index in [1.54, 1.807) is 19.2 Å². The van der Waals surface area contributed by atoms with Crippen LogP contribution in [-0.4, -0.2) is 28.2 Å². The molecule has 0 saturated heterocycles. The van der Waals surface area contributed by atoms with Crippen molar-refractivity contribution in [2.75, 3.05) is 12.4 Å². The van der Waals surface area contributed by atoms with Gasteiger partial charge in [0.2, 0.25) is 0 Å². The lowest BCUT2D eigenvalue weighted by atomic mass is 10.1. The zero-order valence-electron chi connectivity index (χ0n) is 13.3. The van der Waals surface area contributed by atoms with E-state index in [-0.39, 0.29) is 5.91 Å². The number of amides is 1. The standard InChI is InChI=1S/C18H14N4O2S/c1-24-13-9-7-11(8-10-13)14-15-16(22-21-14)19-18(25-15)20-17(23)12-5-3-2-4-6-12/h2-10H,1H3,(H2,19,20,21,22,23). The molecule has 0 unspecified atom stereocenters. The molecule has 4 rings (SSSR count). The summed E-state index contributed by atoms with van der Waals surface area (Å²) in [7, 11) is 1.63. The first-order chi connectivity index (χ1) is 12.2. The number of hydrogen-bond acceptors (Lipinski definition) is 5. The van der Waals surface area contributed by atoms with Gasteiger partial charge in [-0.05, 0) is 36.4 Å². The van der Waals surface area contributed by atoms with Crippen molar-refractivity contribution in [3.63, 3.8) is 0 Å². The quantitative estimate of drug-likeness (QED) is 0.584. The van der Waals surface area contributed by atoms with Crippen molar-refractivity contribution in [2.24, 2.45) is 0 Å². The maximum atomic E-state index is 12.3. The largest absolute Gasteiger partial charge is 0.497 e. The summed E-state index contributed by atoms with van der Waals surface area (Å²) in [6.07, 6.45) is 0. The Morgan fingerprint density at radius 1 is 1.12 bits per heavy atom. The second-order valence-corrected chi connectivity index (χ2v) is 6.32. The van der Waals surface area contributed by atoms with Gasteiger partial charge in [-0.3, -0.25) is 15.2 Å². The molecule has 7 heteroatoms. The zero-order valence-corrected chi connectivity index (χ0v) is 14.1. The summed E-state index contributed by atoms with van der Waals surface area (Å²) in [6.45, 7) is 0. The highest BCUT2D eigenvalue weighted by atomic mass is 32.1. The Balaban J connectivity index is 1.63. The number of benzene rings is 2.